The summed E-state index contributed by atoms with van der Waals surface area (Å²) in [6, 6.07) is 10.3. The third-order valence-electron chi connectivity index (χ3n) is 3.38. The van der Waals surface area contributed by atoms with Crippen LogP contribution in [0.3, 0.4) is 0 Å². The van der Waals surface area contributed by atoms with Crippen molar-refractivity contribution in [3.05, 3.63) is 60.3 Å². The molecule has 0 N–H and O–H groups in total. The molecule has 3 rings (SSSR count). The molecule has 0 bridgehead atoms. The number of rotatable bonds is 4. The van der Waals surface area contributed by atoms with E-state index in [0.717, 1.165) is 17.0 Å². The highest BCUT2D eigenvalue weighted by atomic mass is 15.4. The zero-order valence-corrected chi connectivity index (χ0v) is 12.1. The van der Waals surface area contributed by atoms with Gasteiger partial charge in [0.25, 0.3) is 0 Å². The van der Waals surface area contributed by atoms with E-state index in [1.165, 1.54) is 11.9 Å². The van der Waals surface area contributed by atoms with E-state index in [0.29, 0.717) is 12.5 Å². The molecule has 5 heteroatoms. The minimum absolute atomic E-state index is 0.535. The lowest BCUT2D eigenvalue weighted by molar-refractivity contribution is 0.637. The van der Waals surface area contributed by atoms with Gasteiger partial charge in [-0.2, -0.15) is 0 Å². The van der Waals surface area contributed by atoms with Crippen LogP contribution in [-0.4, -0.2) is 25.0 Å². The summed E-state index contributed by atoms with van der Waals surface area (Å²) in [4.78, 5) is 8.09. The number of nitrogens with zero attached hydrogens (tertiary/aromatic N) is 5. The molecule has 0 aliphatic carbocycles. The largest absolute Gasteiger partial charge is 0.246 e. The van der Waals surface area contributed by atoms with E-state index in [1.54, 1.807) is 10.9 Å². The van der Waals surface area contributed by atoms with Gasteiger partial charge >= 0.3 is 0 Å². The van der Waals surface area contributed by atoms with Crippen LogP contribution in [0.4, 0.5) is 0 Å². The van der Waals surface area contributed by atoms with Crippen molar-refractivity contribution < 1.29 is 0 Å². The molecule has 0 aliphatic rings. The molecule has 3 aromatic rings. The van der Waals surface area contributed by atoms with Gasteiger partial charge in [-0.25, -0.2) is 14.6 Å². The van der Waals surface area contributed by atoms with E-state index >= 15 is 0 Å². The molecule has 21 heavy (non-hydrogen) atoms. The predicted octanol–water partition coefficient (Wildman–Crippen LogP) is 2.91. The van der Waals surface area contributed by atoms with Crippen molar-refractivity contribution in [3.63, 3.8) is 0 Å². The topological polar surface area (TPSA) is 56.5 Å². The fraction of sp³-hybridized carbons (Fsp3) is 0.250. The zero-order valence-electron chi connectivity index (χ0n) is 12.1. The van der Waals surface area contributed by atoms with Crippen LogP contribution in [-0.2, 0) is 6.54 Å². The maximum absolute atomic E-state index is 4.23. The summed E-state index contributed by atoms with van der Waals surface area (Å²) in [5.41, 5.74) is 4.19. The molecule has 2 aromatic heterocycles. The highest BCUT2D eigenvalue weighted by Gasteiger charge is 2.06. The summed E-state index contributed by atoms with van der Waals surface area (Å²) in [6.45, 7) is 4.97. The molecule has 0 saturated heterocycles. The summed E-state index contributed by atoms with van der Waals surface area (Å²) >= 11 is 0. The molecule has 106 valence electrons. The van der Waals surface area contributed by atoms with Crippen LogP contribution in [0, 0.1) is 0 Å². The highest BCUT2D eigenvalue weighted by molar-refractivity contribution is 5.58. The van der Waals surface area contributed by atoms with Crippen molar-refractivity contribution in [2.24, 2.45) is 0 Å². The molecule has 0 radical (unpaired) electrons. The first-order chi connectivity index (χ1) is 10.2. The van der Waals surface area contributed by atoms with Crippen LogP contribution in [0.2, 0.25) is 0 Å². The second-order valence-corrected chi connectivity index (χ2v) is 5.28. The van der Waals surface area contributed by atoms with Gasteiger partial charge in [0.1, 0.15) is 12.0 Å². The van der Waals surface area contributed by atoms with Gasteiger partial charge in [-0.05, 0) is 17.5 Å². The number of hydrogen-bond donors (Lipinski definition) is 0. The Morgan fingerprint density at radius 3 is 2.57 bits per heavy atom. The molecule has 0 atom stereocenters. The van der Waals surface area contributed by atoms with E-state index in [9.17, 15) is 0 Å². The molecule has 0 aliphatic heterocycles. The second-order valence-electron chi connectivity index (χ2n) is 5.28. The van der Waals surface area contributed by atoms with Gasteiger partial charge in [-0.3, -0.25) is 0 Å². The van der Waals surface area contributed by atoms with Crippen LogP contribution in [0.5, 0.6) is 0 Å². The van der Waals surface area contributed by atoms with Gasteiger partial charge in [0.15, 0.2) is 0 Å². The Bertz CT molecular complexity index is 701. The lowest BCUT2D eigenvalue weighted by atomic mass is 10.0. The van der Waals surface area contributed by atoms with Gasteiger partial charge in [0, 0.05) is 11.8 Å². The first kappa shape index (κ1) is 13.4. The first-order valence-electron chi connectivity index (χ1n) is 6.98. The quantitative estimate of drug-likeness (QED) is 0.737. The fourth-order valence-electron chi connectivity index (χ4n) is 2.12. The van der Waals surface area contributed by atoms with Gasteiger partial charge in [-0.1, -0.05) is 43.3 Å². The smallest absolute Gasteiger partial charge is 0.115 e. The van der Waals surface area contributed by atoms with Crippen LogP contribution in [0.1, 0.15) is 31.0 Å². The summed E-state index contributed by atoms with van der Waals surface area (Å²) in [7, 11) is 0. The highest BCUT2D eigenvalue weighted by Crippen LogP contribution is 2.20. The Morgan fingerprint density at radius 1 is 1.10 bits per heavy atom. The molecule has 1 aromatic carbocycles. The van der Waals surface area contributed by atoms with E-state index < -0.39 is 0 Å². The molecule has 0 unspecified atom stereocenters. The van der Waals surface area contributed by atoms with Crippen molar-refractivity contribution in [3.8, 4) is 11.3 Å². The number of aromatic nitrogens is 5. The van der Waals surface area contributed by atoms with Gasteiger partial charge in [-0.15, -0.1) is 5.10 Å². The average Bonchev–Trinajstić information content (AvgIpc) is 2.97. The van der Waals surface area contributed by atoms with Crippen molar-refractivity contribution >= 4 is 0 Å². The van der Waals surface area contributed by atoms with Crippen LogP contribution >= 0.6 is 0 Å². The molecule has 5 nitrogen and oxygen atoms in total. The normalized spacial score (nSPS) is 11.0. The summed E-state index contributed by atoms with van der Waals surface area (Å²) in [5, 5.41) is 8.38. The fourth-order valence-corrected chi connectivity index (χ4v) is 2.12. The molecule has 0 fully saturated rings. The second kappa shape index (κ2) is 5.83. The third kappa shape index (κ3) is 3.13. The zero-order chi connectivity index (χ0) is 14.7. The maximum Gasteiger partial charge on any atom is 0.115 e. The van der Waals surface area contributed by atoms with Gasteiger partial charge < -0.3 is 0 Å². The molecule has 0 amide bonds. The number of hydrogen-bond acceptors (Lipinski definition) is 4. The molecular weight excluding hydrogens is 262 g/mol. The molecular formula is C16H17N5. The maximum atomic E-state index is 4.23. The molecule has 0 spiro atoms. The number of benzene rings is 1. The minimum atomic E-state index is 0.535. The van der Waals surface area contributed by atoms with E-state index in [2.05, 4.69) is 58.4 Å². The van der Waals surface area contributed by atoms with Crippen molar-refractivity contribution in [2.45, 2.75) is 26.3 Å². The van der Waals surface area contributed by atoms with E-state index in [-0.39, 0.29) is 0 Å². The lowest BCUT2D eigenvalue weighted by Gasteiger charge is -2.05. The lowest BCUT2D eigenvalue weighted by Crippen LogP contribution is -2.02. The molecule has 0 saturated carbocycles. The summed E-state index contributed by atoms with van der Waals surface area (Å²) in [5.74, 6) is 0.535. The van der Waals surface area contributed by atoms with Gasteiger partial charge in [0.2, 0.25) is 0 Å². The Morgan fingerprint density at radius 2 is 1.90 bits per heavy atom. The molecule has 2 heterocycles. The monoisotopic (exact) mass is 279 g/mol. The van der Waals surface area contributed by atoms with Crippen LogP contribution in [0.15, 0.2) is 49.1 Å². The Balaban J connectivity index is 1.78. The first-order valence-corrected chi connectivity index (χ1v) is 6.98. The van der Waals surface area contributed by atoms with E-state index in [4.69, 9.17) is 0 Å². The SMILES string of the molecule is CC(C)c1ccc(-c2cn(Cc3ccncn3)nn2)cc1. The average molecular weight is 279 g/mol. The summed E-state index contributed by atoms with van der Waals surface area (Å²) < 4.78 is 1.79. The Labute approximate surface area is 123 Å². The standard InChI is InChI=1S/C16H17N5/c1-12(2)13-3-5-14(6-4-13)16-10-21(20-19-16)9-15-7-8-17-11-18-15/h3-8,10-12H,9H2,1-2H3. The minimum Gasteiger partial charge on any atom is -0.246 e. The van der Waals surface area contributed by atoms with Crippen LogP contribution in [0.25, 0.3) is 11.3 Å². The van der Waals surface area contributed by atoms with Crippen LogP contribution < -0.4 is 0 Å². The van der Waals surface area contributed by atoms with Crippen molar-refractivity contribution in [1.29, 1.82) is 0 Å². The van der Waals surface area contributed by atoms with Gasteiger partial charge in [0.05, 0.1) is 18.4 Å². The Hall–Kier alpha value is -2.56. The Kier molecular flexibility index (Phi) is 3.73. The van der Waals surface area contributed by atoms with Crippen molar-refractivity contribution in [1.82, 2.24) is 25.0 Å². The van der Waals surface area contributed by atoms with Crippen molar-refractivity contribution in [2.75, 3.05) is 0 Å². The third-order valence-corrected chi connectivity index (χ3v) is 3.38. The predicted molar refractivity (Wildman–Crippen MR) is 80.7 cm³/mol. The summed E-state index contributed by atoms with van der Waals surface area (Å²) in [6.07, 6.45) is 5.20. The van der Waals surface area contributed by atoms with E-state index in [1.807, 2.05) is 12.3 Å².